The number of halogens is 1. The summed E-state index contributed by atoms with van der Waals surface area (Å²) < 4.78 is 22.4. The lowest BCUT2D eigenvalue weighted by atomic mass is 9.90. The van der Waals surface area contributed by atoms with E-state index in [1.54, 1.807) is 26.3 Å². The summed E-state index contributed by atoms with van der Waals surface area (Å²) in [7, 11) is 3.13. The number of nitrogens with zero attached hydrogens (tertiary/aromatic N) is 2. The molecule has 2 N–H and O–H groups in total. The topological polar surface area (TPSA) is 85.2 Å². The molecule has 0 radical (unpaired) electrons. The van der Waals surface area contributed by atoms with E-state index >= 15 is 4.39 Å². The highest BCUT2D eigenvalue weighted by Crippen LogP contribution is 2.38. The maximum absolute atomic E-state index is 15.5. The molecule has 1 saturated carbocycles. The Bertz CT molecular complexity index is 1660. The van der Waals surface area contributed by atoms with Gasteiger partial charge in [-0.3, -0.25) is 9.59 Å². The zero-order valence-corrected chi connectivity index (χ0v) is 23.9. The van der Waals surface area contributed by atoms with E-state index in [9.17, 15) is 9.59 Å². The fourth-order valence-corrected chi connectivity index (χ4v) is 5.65. The first-order valence-corrected chi connectivity index (χ1v) is 13.9. The van der Waals surface area contributed by atoms with Gasteiger partial charge in [-0.15, -0.1) is 0 Å². The summed E-state index contributed by atoms with van der Waals surface area (Å²) in [6.45, 7) is 4.36. The number of carbonyl (C=O) groups is 1. The first kappa shape index (κ1) is 28.2. The molecule has 212 valence electrons. The molecule has 4 aromatic rings. The van der Waals surface area contributed by atoms with Gasteiger partial charge in [-0.2, -0.15) is 0 Å². The Balaban J connectivity index is 1.46. The van der Waals surface area contributed by atoms with Gasteiger partial charge in [-0.1, -0.05) is 43.2 Å². The van der Waals surface area contributed by atoms with Crippen molar-refractivity contribution in [3.8, 4) is 28.0 Å². The van der Waals surface area contributed by atoms with Crippen LogP contribution in [0.4, 0.5) is 10.1 Å². The van der Waals surface area contributed by atoms with Crippen LogP contribution in [0.1, 0.15) is 52.7 Å². The Hall–Kier alpha value is -4.30. The minimum atomic E-state index is -0.519. The van der Waals surface area contributed by atoms with Gasteiger partial charge in [0.25, 0.3) is 11.5 Å². The predicted octanol–water partition coefficient (Wildman–Crippen LogP) is 6.16. The molecule has 8 heteroatoms. The van der Waals surface area contributed by atoms with Crippen LogP contribution in [0.15, 0.2) is 65.8 Å². The zero-order valence-electron chi connectivity index (χ0n) is 23.9. The van der Waals surface area contributed by atoms with Crippen molar-refractivity contribution in [3.63, 3.8) is 0 Å². The van der Waals surface area contributed by atoms with E-state index in [2.05, 4.69) is 15.6 Å². The zero-order chi connectivity index (χ0) is 29.1. The molecule has 3 aromatic carbocycles. The average molecular weight is 555 g/mol. The lowest BCUT2D eigenvalue weighted by Gasteiger charge is -2.18. The molecule has 0 unspecified atom stereocenters. The number of methoxy groups -OCH3 is 1. The molecule has 0 bridgehead atoms. The van der Waals surface area contributed by atoms with E-state index in [4.69, 9.17) is 4.74 Å². The van der Waals surface area contributed by atoms with E-state index in [0.29, 0.717) is 29.6 Å². The monoisotopic (exact) mass is 554 g/mol. The Morgan fingerprint density at radius 1 is 1.05 bits per heavy atom. The van der Waals surface area contributed by atoms with Gasteiger partial charge in [0.15, 0.2) is 0 Å². The van der Waals surface area contributed by atoms with Crippen LogP contribution in [0.2, 0.25) is 0 Å². The largest absolute Gasteiger partial charge is 0.496 e. The molecule has 41 heavy (non-hydrogen) atoms. The second-order valence-electron chi connectivity index (χ2n) is 10.6. The summed E-state index contributed by atoms with van der Waals surface area (Å²) in [6, 6.07) is 15.5. The normalized spacial score (nSPS) is 13.4. The molecule has 0 atom stereocenters. The third-order valence-corrected chi connectivity index (χ3v) is 8.05. The Morgan fingerprint density at radius 3 is 2.46 bits per heavy atom. The van der Waals surface area contributed by atoms with Crippen LogP contribution in [0.5, 0.6) is 5.75 Å². The number of carbonyl (C=O) groups excluding carboxylic acids is 1. The number of hydrogen-bond donors (Lipinski definition) is 2. The Kier molecular flexibility index (Phi) is 8.31. The summed E-state index contributed by atoms with van der Waals surface area (Å²) in [6.07, 6.45) is 7.31. The molecule has 0 aliphatic heterocycles. The molecule has 0 spiro atoms. The standard InChI is InChI=1S/C33H35FN4O3/c1-20-24(22-15-29(34)27(31(16-22)41-4)18-36-23-9-5-6-10-23)11-7-12-25(20)26-13-8-14-30(21(26)2)37-32(39)28-17-35-19-38(3)33(28)40/h7-8,11-17,19,23,36H,5-6,9-10,18H2,1-4H3,(H,37,39). The van der Waals surface area contributed by atoms with Gasteiger partial charge in [0.2, 0.25) is 0 Å². The van der Waals surface area contributed by atoms with E-state index in [1.807, 2.05) is 50.2 Å². The van der Waals surface area contributed by atoms with Crippen molar-refractivity contribution in [2.24, 2.45) is 7.05 Å². The van der Waals surface area contributed by atoms with Crippen LogP contribution in [-0.4, -0.2) is 28.6 Å². The minimum absolute atomic E-state index is 0.0316. The molecule has 5 rings (SSSR count). The van der Waals surface area contributed by atoms with Crippen LogP contribution in [0, 0.1) is 19.7 Å². The molecular weight excluding hydrogens is 519 g/mol. The highest BCUT2D eigenvalue weighted by atomic mass is 19.1. The third kappa shape index (κ3) is 5.79. The maximum atomic E-state index is 15.5. The van der Waals surface area contributed by atoms with Gasteiger partial charge in [0.05, 0.1) is 13.4 Å². The van der Waals surface area contributed by atoms with Crippen LogP contribution in [-0.2, 0) is 13.6 Å². The van der Waals surface area contributed by atoms with E-state index in [-0.39, 0.29) is 11.4 Å². The predicted molar refractivity (Wildman–Crippen MR) is 160 cm³/mol. The number of rotatable bonds is 8. The van der Waals surface area contributed by atoms with Crippen molar-refractivity contribution in [1.82, 2.24) is 14.9 Å². The Morgan fingerprint density at radius 2 is 1.73 bits per heavy atom. The molecule has 1 amide bonds. The van der Waals surface area contributed by atoms with Crippen molar-refractivity contribution in [2.45, 2.75) is 52.1 Å². The number of hydrogen-bond acceptors (Lipinski definition) is 5. The van der Waals surface area contributed by atoms with Crippen molar-refractivity contribution < 1.29 is 13.9 Å². The van der Waals surface area contributed by atoms with Gasteiger partial charge in [0.1, 0.15) is 17.1 Å². The second kappa shape index (κ2) is 12.1. The summed E-state index contributed by atoms with van der Waals surface area (Å²) in [4.78, 5) is 29.3. The molecule has 1 aliphatic rings. The molecular formula is C33H35FN4O3. The van der Waals surface area contributed by atoms with Gasteiger partial charge in [0, 0.05) is 37.1 Å². The number of nitrogens with one attached hydrogen (secondary N) is 2. The number of anilines is 1. The van der Waals surface area contributed by atoms with E-state index < -0.39 is 11.5 Å². The van der Waals surface area contributed by atoms with Crippen LogP contribution < -0.4 is 20.9 Å². The fraction of sp³-hybridized carbons (Fsp3) is 0.303. The highest BCUT2D eigenvalue weighted by molar-refractivity contribution is 6.04. The summed E-state index contributed by atoms with van der Waals surface area (Å²) in [5.41, 5.74) is 6.01. The molecule has 1 fully saturated rings. The first-order valence-electron chi connectivity index (χ1n) is 13.9. The number of ether oxygens (including phenoxy) is 1. The molecule has 7 nitrogen and oxygen atoms in total. The molecule has 1 aliphatic carbocycles. The lowest BCUT2D eigenvalue weighted by Crippen LogP contribution is -2.28. The SMILES string of the molecule is COc1cc(-c2cccc(-c3cccc(NC(=O)c4cncn(C)c4=O)c3C)c2C)cc(F)c1CNC1CCCC1. The summed E-state index contributed by atoms with van der Waals surface area (Å²) >= 11 is 0. The molecule has 1 aromatic heterocycles. The number of amides is 1. The number of benzene rings is 3. The summed E-state index contributed by atoms with van der Waals surface area (Å²) in [5, 5.41) is 6.35. The minimum Gasteiger partial charge on any atom is -0.496 e. The first-order chi connectivity index (χ1) is 19.8. The highest BCUT2D eigenvalue weighted by Gasteiger charge is 2.20. The van der Waals surface area contributed by atoms with Crippen molar-refractivity contribution >= 4 is 11.6 Å². The molecule has 0 saturated heterocycles. The molecule has 1 heterocycles. The second-order valence-corrected chi connectivity index (χ2v) is 10.6. The van der Waals surface area contributed by atoms with Crippen LogP contribution >= 0.6 is 0 Å². The summed E-state index contributed by atoms with van der Waals surface area (Å²) in [5.74, 6) is -0.288. The van der Waals surface area contributed by atoms with Crippen molar-refractivity contribution in [1.29, 1.82) is 0 Å². The fourth-order valence-electron chi connectivity index (χ4n) is 5.65. The average Bonchev–Trinajstić information content (AvgIpc) is 3.48. The van der Waals surface area contributed by atoms with Gasteiger partial charge in [-0.05, 0) is 78.3 Å². The Labute approximate surface area is 239 Å². The van der Waals surface area contributed by atoms with E-state index in [0.717, 1.165) is 46.2 Å². The third-order valence-electron chi connectivity index (χ3n) is 8.05. The van der Waals surface area contributed by atoms with Gasteiger partial charge >= 0.3 is 0 Å². The van der Waals surface area contributed by atoms with Gasteiger partial charge in [-0.25, -0.2) is 9.37 Å². The lowest BCUT2D eigenvalue weighted by molar-refractivity contribution is 0.102. The van der Waals surface area contributed by atoms with Crippen LogP contribution in [0.25, 0.3) is 22.3 Å². The quantitative estimate of drug-likeness (QED) is 0.272. The number of aromatic nitrogens is 2. The smallest absolute Gasteiger partial charge is 0.265 e. The number of aryl methyl sites for hydroxylation is 1. The van der Waals surface area contributed by atoms with E-state index in [1.165, 1.54) is 29.9 Å². The van der Waals surface area contributed by atoms with Gasteiger partial charge < -0.3 is 19.9 Å². The van der Waals surface area contributed by atoms with Crippen molar-refractivity contribution in [2.75, 3.05) is 12.4 Å². The maximum Gasteiger partial charge on any atom is 0.265 e. The van der Waals surface area contributed by atoms with Crippen LogP contribution in [0.3, 0.4) is 0 Å². The van der Waals surface area contributed by atoms with Crippen molar-refractivity contribution in [3.05, 3.63) is 99.5 Å².